The molecule has 0 bridgehead atoms. The van der Waals surface area contributed by atoms with Gasteiger partial charge in [-0.15, -0.1) is 10.3 Å². The maximum Gasteiger partial charge on any atom is 0.119 e. The minimum atomic E-state index is -0.374. The van der Waals surface area contributed by atoms with E-state index in [0.717, 1.165) is 18.6 Å². The molecule has 0 aromatic heterocycles. The summed E-state index contributed by atoms with van der Waals surface area (Å²) in [7, 11) is 0. The van der Waals surface area contributed by atoms with E-state index in [4.69, 9.17) is 4.74 Å². The minimum Gasteiger partial charge on any atom is -0.490 e. The molecule has 1 aromatic rings. The van der Waals surface area contributed by atoms with Crippen LogP contribution in [0.1, 0.15) is 40.5 Å². The highest BCUT2D eigenvalue weighted by Gasteiger charge is 2.46. The number of hydrogen-bond acceptors (Lipinski definition) is 2. The van der Waals surface area contributed by atoms with Crippen LogP contribution in [0, 0.1) is 0 Å². The van der Waals surface area contributed by atoms with Crippen molar-refractivity contribution in [3.63, 3.8) is 0 Å². The molecule has 1 fully saturated rings. The molecule has 1 aromatic carbocycles. The van der Waals surface area contributed by atoms with Crippen LogP contribution in [0.5, 0.6) is 5.75 Å². The van der Waals surface area contributed by atoms with Gasteiger partial charge in [0, 0.05) is 23.9 Å². The lowest BCUT2D eigenvalue weighted by Crippen LogP contribution is -2.60. The maximum atomic E-state index is 12.2. The van der Waals surface area contributed by atoms with Gasteiger partial charge in [0.05, 0.1) is 0 Å². The molecule has 0 atom stereocenters. The Balaban J connectivity index is 2.12. The topological polar surface area (TPSA) is 32.4 Å². The van der Waals surface area contributed by atoms with Gasteiger partial charge < -0.3 is 4.74 Å². The number of hydrogen-bond donors (Lipinski definition) is 0. The predicted molar refractivity (Wildman–Crippen MR) is 70.8 cm³/mol. The number of para-hydroxylation sites is 1. The van der Waals surface area contributed by atoms with Gasteiger partial charge in [-0.25, -0.2) is 0 Å². The van der Waals surface area contributed by atoms with Gasteiger partial charge in [-0.2, -0.15) is 0 Å². The normalized spacial score (nSPS) is 23.8. The SMILES string of the molecule is CC1(C)CC(Oc2ccccc2)CC(C)(C)N1[O]. The van der Waals surface area contributed by atoms with Crippen molar-refractivity contribution in [2.75, 3.05) is 0 Å². The Labute approximate surface area is 109 Å². The van der Waals surface area contributed by atoms with Crippen LogP contribution >= 0.6 is 0 Å². The molecular formula is C15H22NO2. The first kappa shape index (κ1) is 13.4. The third-order valence-electron chi connectivity index (χ3n) is 3.60. The molecule has 0 amide bonds. The zero-order valence-electron chi connectivity index (χ0n) is 11.6. The van der Waals surface area contributed by atoms with E-state index in [0.29, 0.717) is 0 Å². The fraction of sp³-hybridized carbons (Fsp3) is 0.600. The molecule has 1 saturated heterocycles. The van der Waals surface area contributed by atoms with Gasteiger partial charge in [0.15, 0.2) is 0 Å². The van der Waals surface area contributed by atoms with Gasteiger partial charge in [0.25, 0.3) is 0 Å². The highest BCUT2D eigenvalue weighted by atomic mass is 16.5. The average Bonchev–Trinajstić information content (AvgIpc) is 2.26. The van der Waals surface area contributed by atoms with Crippen LogP contribution in [-0.4, -0.2) is 22.2 Å². The van der Waals surface area contributed by atoms with Gasteiger partial charge in [-0.1, -0.05) is 18.2 Å². The lowest BCUT2D eigenvalue weighted by Gasteiger charge is -2.49. The van der Waals surface area contributed by atoms with E-state index in [1.807, 2.05) is 58.0 Å². The van der Waals surface area contributed by atoms with Crippen LogP contribution in [0.4, 0.5) is 0 Å². The molecule has 1 radical (unpaired) electrons. The second-order valence-electron chi connectivity index (χ2n) is 6.38. The molecule has 1 aliphatic heterocycles. The quantitative estimate of drug-likeness (QED) is 0.803. The Morgan fingerprint density at radius 2 is 1.56 bits per heavy atom. The number of benzene rings is 1. The number of hydroxylamine groups is 2. The van der Waals surface area contributed by atoms with E-state index >= 15 is 0 Å². The van der Waals surface area contributed by atoms with Crippen molar-refractivity contribution < 1.29 is 9.94 Å². The third-order valence-corrected chi connectivity index (χ3v) is 3.60. The zero-order chi connectivity index (χ0) is 13.4. The van der Waals surface area contributed by atoms with E-state index in [2.05, 4.69) is 0 Å². The molecule has 0 N–H and O–H groups in total. The molecule has 0 unspecified atom stereocenters. The van der Waals surface area contributed by atoms with Crippen molar-refractivity contribution in [3.8, 4) is 5.75 Å². The maximum absolute atomic E-state index is 12.2. The van der Waals surface area contributed by atoms with Crippen LogP contribution in [0.15, 0.2) is 30.3 Å². The molecule has 0 aliphatic carbocycles. The molecule has 1 heterocycles. The van der Waals surface area contributed by atoms with E-state index < -0.39 is 0 Å². The van der Waals surface area contributed by atoms with Crippen molar-refractivity contribution in [2.24, 2.45) is 0 Å². The standard InChI is InChI=1S/C15H22NO2/c1-14(2)10-13(11-15(3,4)16(14)17)18-12-8-6-5-7-9-12/h5-9,13H,10-11H2,1-4H3. The molecule has 3 heteroatoms. The molecule has 0 saturated carbocycles. The summed E-state index contributed by atoms with van der Waals surface area (Å²) in [6.45, 7) is 7.95. The van der Waals surface area contributed by atoms with Gasteiger partial charge in [0.2, 0.25) is 0 Å². The molecule has 2 rings (SSSR count). The van der Waals surface area contributed by atoms with Crippen LogP contribution in [0.25, 0.3) is 0 Å². The van der Waals surface area contributed by atoms with Gasteiger partial charge in [0.1, 0.15) is 11.9 Å². The van der Waals surface area contributed by atoms with Crippen molar-refractivity contribution >= 4 is 0 Å². The Morgan fingerprint density at radius 1 is 1.06 bits per heavy atom. The summed E-state index contributed by atoms with van der Waals surface area (Å²) in [6, 6.07) is 9.83. The van der Waals surface area contributed by atoms with Crippen LogP contribution < -0.4 is 4.74 Å². The number of nitrogens with zero attached hydrogens (tertiary/aromatic N) is 1. The molecule has 1 aliphatic rings. The Bertz CT molecular complexity index is 382. The van der Waals surface area contributed by atoms with Crippen molar-refractivity contribution in [3.05, 3.63) is 30.3 Å². The van der Waals surface area contributed by atoms with Gasteiger partial charge >= 0.3 is 0 Å². The average molecular weight is 248 g/mol. The Kier molecular flexibility index (Phi) is 3.39. The lowest BCUT2D eigenvalue weighted by atomic mass is 9.80. The number of rotatable bonds is 2. The van der Waals surface area contributed by atoms with Crippen molar-refractivity contribution in [2.45, 2.75) is 57.7 Å². The predicted octanol–water partition coefficient (Wildman–Crippen LogP) is 3.43. The van der Waals surface area contributed by atoms with Crippen LogP contribution in [0.2, 0.25) is 0 Å². The second kappa shape index (κ2) is 4.56. The second-order valence-corrected chi connectivity index (χ2v) is 6.38. The molecule has 99 valence electrons. The largest absolute Gasteiger partial charge is 0.490 e. The summed E-state index contributed by atoms with van der Waals surface area (Å²) in [5, 5.41) is 13.5. The summed E-state index contributed by atoms with van der Waals surface area (Å²) in [5.41, 5.74) is -0.748. The first-order valence-corrected chi connectivity index (χ1v) is 6.50. The van der Waals surface area contributed by atoms with E-state index in [1.165, 1.54) is 5.06 Å². The minimum absolute atomic E-state index is 0.0996. The summed E-state index contributed by atoms with van der Waals surface area (Å²) in [4.78, 5) is 0. The molecule has 0 spiro atoms. The van der Waals surface area contributed by atoms with Crippen molar-refractivity contribution in [1.29, 1.82) is 0 Å². The number of ether oxygens (including phenoxy) is 1. The fourth-order valence-electron chi connectivity index (χ4n) is 2.95. The first-order chi connectivity index (χ1) is 8.31. The van der Waals surface area contributed by atoms with E-state index in [-0.39, 0.29) is 17.2 Å². The summed E-state index contributed by atoms with van der Waals surface area (Å²) in [5.74, 6) is 0.883. The highest BCUT2D eigenvalue weighted by Crippen LogP contribution is 2.38. The summed E-state index contributed by atoms with van der Waals surface area (Å²) in [6.07, 6.45) is 1.62. The zero-order valence-corrected chi connectivity index (χ0v) is 11.6. The van der Waals surface area contributed by atoms with Crippen LogP contribution in [0.3, 0.4) is 0 Å². The number of piperidine rings is 1. The van der Waals surface area contributed by atoms with E-state index in [1.54, 1.807) is 0 Å². The Hall–Kier alpha value is -1.06. The first-order valence-electron chi connectivity index (χ1n) is 6.50. The van der Waals surface area contributed by atoms with Gasteiger partial charge in [-0.3, -0.25) is 0 Å². The lowest BCUT2D eigenvalue weighted by molar-refractivity contribution is -0.296. The van der Waals surface area contributed by atoms with Crippen LogP contribution in [-0.2, 0) is 5.21 Å². The monoisotopic (exact) mass is 248 g/mol. The molecule has 3 nitrogen and oxygen atoms in total. The molecular weight excluding hydrogens is 226 g/mol. The third kappa shape index (κ3) is 2.68. The van der Waals surface area contributed by atoms with Gasteiger partial charge in [-0.05, 0) is 39.8 Å². The summed E-state index contributed by atoms with van der Waals surface area (Å²) >= 11 is 0. The fourth-order valence-corrected chi connectivity index (χ4v) is 2.95. The van der Waals surface area contributed by atoms with E-state index in [9.17, 15) is 5.21 Å². The molecule has 18 heavy (non-hydrogen) atoms. The highest BCUT2D eigenvalue weighted by molar-refractivity contribution is 5.21. The summed E-state index contributed by atoms with van der Waals surface area (Å²) < 4.78 is 6.01. The smallest absolute Gasteiger partial charge is 0.119 e. The Morgan fingerprint density at radius 3 is 2.06 bits per heavy atom. The van der Waals surface area contributed by atoms with Crippen molar-refractivity contribution in [1.82, 2.24) is 5.06 Å².